The molecule has 0 aliphatic heterocycles. The number of hydrogen-bond acceptors (Lipinski definition) is 5. The summed E-state index contributed by atoms with van der Waals surface area (Å²) < 4.78 is 25.9. The zero-order valence-electron chi connectivity index (χ0n) is 15.3. The molecular formula is C18H19BrN4O3S2. The number of primary sulfonamides is 1. The number of sulfonamides is 1. The van der Waals surface area contributed by atoms with Gasteiger partial charge in [-0.3, -0.25) is 4.79 Å². The van der Waals surface area contributed by atoms with Gasteiger partial charge in [0.05, 0.1) is 27.4 Å². The van der Waals surface area contributed by atoms with Crippen LogP contribution in [-0.2, 0) is 21.4 Å². The molecule has 0 aliphatic rings. The third kappa shape index (κ3) is 4.57. The molecule has 7 nitrogen and oxygen atoms in total. The molecule has 28 heavy (non-hydrogen) atoms. The number of carbonyl (C=O) groups excluding carboxylic acids is 1. The number of thioether (sulfide) groups is 1. The van der Waals surface area contributed by atoms with E-state index in [2.05, 4.69) is 26.2 Å². The summed E-state index contributed by atoms with van der Waals surface area (Å²) in [7, 11) is -3.80. The average Bonchev–Trinajstić information content (AvgIpc) is 2.98. The van der Waals surface area contributed by atoms with Crippen molar-refractivity contribution in [1.82, 2.24) is 9.55 Å². The second-order valence-electron chi connectivity index (χ2n) is 6.15. The minimum absolute atomic E-state index is 0.0132. The highest BCUT2D eigenvalue weighted by Crippen LogP contribution is 2.27. The minimum Gasteiger partial charge on any atom is -0.324 e. The fourth-order valence-corrected chi connectivity index (χ4v) is 4.72. The number of nitrogens with zero attached hydrogens (tertiary/aromatic N) is 2. The molecule has 0 spiro atoms. The van der Waals surface area contributed by atoms with Crippen LogP contribution in [0.25, 0.3) is 11.0 Å². The Hall–Kier alpha value is -1.88. The van der Waals surface area contributed by atoms with Crippen molar-refractivity contribution in [1.29, 1.82) is 0 Å². The molecule has 1 amide bonds. The van der Waals surface area contributed by atoms with Crippen LogP contribution in [0.3, 0.4) is 0 Å². The van der Waals surface area contributed by atoms with Crippen molar-refractivity contribution in [3.05, 3.63) is 46.4 Å². The van der Waals surface area contributed by atoms with Crippen LogP contribution in [-0.4, -0.2) is 29.6 Å². The quantitative estimate of drug-likeness (QED) is 0.522. The fourth-order valence-electron chi connectivity index (χ4n) is 2.72. The standard InChI is InChI=1S/C18H19BrN4O3S2/c1-3-23-16-7-5-12(28(20,25)26)9-15(16)22-18(23)27-10-17(24)21-14-6-4-11(2)8-13(14)19/h4-9H,3,10H2,1-2H3,(H,21,24)(H2,20,25,26). The maximum Gasteiger partial charge on any atom is 0.238 e. The lowest BCUT2D eigenvalue weighted by Crippen LogP contribution is -2.15. The first kappa shape index (κ1) is 20.8. The zero-order chi connectivity index (χ0) is 20.5. The van der Waals surface area contributed by atoms with E-state index in [-0.39, 0.29) is 16.6 Å². The molecule has 1 aromatic heterocycles. The second-order valence-corrected chi connectivity index (χ2v) is 9.51. The largest absolute Gasteiger partial charge is 0.324 e. The highest BCUT2D eigenvalue weighted by Gasteiger charge is 2.16. The van der Waals surface area contributed by atoms with Crippen molar-refractivity contribution in [3.8, 4) is 0 Å². The SMILES string of the molecule is CCn1c(SCC(=O)Nc2ccc(C)cc2Br)nc2cc(S(N)(=O)=O)ccc21. The van der Waals surface area contributed by atoms with Gasteiger partial charge in [-0.1, -0.05) is 17.8 Å². The highest BCUT2D eigenvalue weighted by molar-refractivity contribution is 9.10. The Labute approximate surface area is 175 Å². The van der Waals surface area contributed by atoms with Gasteiger partial charge in [-0.05, 0) is 65.7 Å². The monoisotopic (exact) mass is 482 g/mol. The fraction of sp³-hybridized carbons (Fsp3) is 0.222. The van der Waals surface area contributed by atoms with Gasteiger partial charge in [0, 0.05) is 11.0 Å². The lowest BCUT2D eigenvalue weighted by molar-refractivity contribution is -0.113. The van der Waals surface area contributed by atoms with Gasteiger partial charge in [0.2, 0.25) is 15.9 Å². The molecule has 148 valence electrons. The van der Waals surface area contributed by atoms with E-state index in [9.17, 15) is 13.2 Å². The van der Waals surface area contributed by atoms with Crippen molar-refractivity contribution in [2.24, 2.45) is 5.14 Å². The van der Waals surface area contributed by atoms with E-state index in [1.807, 2.05) is 36.6 Å². The van der Waals surface area contributed by atoms with E-state index >= 15 is 0 Å². The van der Waals surface area contributed by atoms with E-state index < -0.39 is 10.0 Å². The Morgan fingerprint density at radius 3 is 2.68 bits per heavy atom. The smallest absolute Gasteiger partial charge is 0.238 e. The van der Waals surface area contributed by atoms with Crippen molar-refractivity contribution in [2.75, 3.05) is 11.1 Å². The lowest BCUT2D eigenvalue weighted by atomic mass is 10.2. The van der Waals surface area contributed by atoms with Gasteiger partial charge in [0.1, 0.15) is 0 Å². The molecule has 0 saturated carbocycles. The van der Waals surface area contributed by atoms with Crippen molar-refractivity contribution < 1.29 is 13.2 Å². The average molecular weight is 483 g/mol. The maximum absolute atomic E-state index is 12.3. The van der Waals surface area contributed by atoms with E-state index in [1.165, 1.54) is 23.9 Å². The number of rotatable bonds is 6. The molecule has 3 rings (SSSR count). The lowest BCUT2D eigenvalue weighted by Gasteiger charge is -2.09. The Morgan fingerprint density at radius 2 is 2.04 bits per heavy atom. The van der Waals surface area contributed by atoms with Gasteiger partial charge in [0.15, 0.2) is 5.16 Å². The molecule has 0 radical (unpaired) electrons. The Balaban J connectivity index is 1.78. The third-order valence-electron chi connectivity index (χ3n) is 4.06. The number of amides is 1. The van der Waals surface area contributed by atoms with Gasteiger partial charge in [-0.15, -0.1) is 0 Å². The highest BCUT2D eigenvalue weighted by atomic mass is 79.9. The summed E-state index contributed by atoms with van der Waals surface area (Å²) in [6.07, 6.45) is 0. The number of anilines is 1. The summed E-state index contributed by atoms with van der Waals surface area (Å²) in [5, 5.41) is 8.70. The molecule has 0 fully saturated rings. The molecule has 0 atom stereocenters. The van der Waals surface area contributed by atoms with Crippen LogP contribution < -0.4 is 10.5 Å². The molecule has 0 aliphatic carbocycles. The van der Waals surface area contributed by atoms with E-state index in [0.717, 1.165) is 15.6 Å². The zero-order valence-corrected chi connectivity index (χ0v) is 18.5. The number of halogens is 1. The Morgan fingerprint density at radius 1 is 1.29 bits per heavy atom. The number of fused-ring (bicyclic) bond motifs is 1. The van der Waals surface area contributed by atoms with Crippen LogP contribution >= 0.6 is 27.7 Å². The van der Waals surface area contributed by atoms with Gasteiger partial charge in [-0.2, -0.15) is 0 Å². The number of nitrogens with two attached hydrogens (primary N) is 1. The molecule has 2 aromatic carbocycles. The normalized spacial score (nSPS) is 11.7. The van der Waals surface area contributed by atoms with E-state index in [0.29, 0.717) is 22.9 Å². The van der Waals surface area contributed by atoms with Gasteiger partial charge in [0.25, 0.3) is 0 Å². The van der Waals surface area contributed by atoms with Gasteiger partial charge < -0.3 is 9.88 Å². The third-order valence-corrected chi connectivity index (χ3v) is 6.60. The number of aryl methyl sites for hydroxylation is 2. The van der Waals surface area contributed by atoms with Crippen LogP contribution in [0.2, 0.25) is 0 Å². The summed E-state index contributed by atoms with van der Waals surface area (Å²) in [4.78, 5) is 16.8. The number of imidazole rings is 1. The predicted molar refractivity (Wildman–Crippen MR) is 115 cm³/mol. The molecule has 0 unspecified atom stereocenters. The maximum atomic E-state index is 12.3. The van der Waals surface area contributed by atoms with Crippen LogP contribution in [0.15, 0.2) is 50.9 Å². The van der Waals surface area contributed by atoms with Gasteiger partial charge in [-0.25, -0.2) is 18.5 Å². The number of benzene rings is 2. The predicted octanol–water partition coefficient (Wildman–Crippen LogP) is 3.51. The topological polar surface area (TPSA) is 107 Å². The van der Waals surface area contributed by atoms with Crippen molar-refractivity contribution >= 4 is 60.3 Å². The van der Waals surface area contributed by atoms with Crippen LogP contribution in [0.1, 0.15) is 12.5 Å². The molecule has 3 N–H and O–H groups in total. The summed E-state index contributed by atoms with van der Waals surface area (Å²) in [6, 6.07) is 10.3. The number of aromatic nitrogens is 2. The number of hydrogen-bond donors (Lipinski definition) is 2. The van der Waals surface area contributed by atoms with E-state index in [4.69, 9.17) is 5.14 Å². The number of carbonyl (C=O) groups is 1. The van der Waals surface area contributed by atoms with Crippen molar-refractivity contribution in [2.45, 2.75) is 30.4 Å². The minimum atomic E-state index is -3.80. The first-order chi connectivity index (χ1) is 13.2. The molecule has 0 bridgehead atoms. The first-order valence-electron chi connectivity index (χ1n) is 8.41. The summed E-state index contributed by atoms with van der Waals surface area (Å²) >= 11 is 4.73. The summed E-state index contributed by atoms with van der Waals surface area (Å²) in [5.41, 5.74) is 3.12. The summed E-state index contributed by atoms with van der Waals surface area (Å²) in [6.45, 7) is 4.57. The number of nitrogens with one attached hydrogen (secondary N) is 1. The molecule has 1 heterocycles. The van der Waals surface area contributed by atoms with E-state index in [1.54, 1.807) is 6.07 Å². The molecule has 0 saturated heterocycles. The van der Waals surface area contributed by atoms with Crippen LogP contribution in [0, 0.1) is 6.92 Å². The second kappa shape index (κ2) is 8.24. The summed E-state index contributed by atoms with van der Waals surface area (Å²) in [5.74, 6) is 0.0144. The van der Waals surface area contributed by atoms with Crippen molar-refractivity contribution in [3.63, 3.8) is 0 Å². The molecular weight excluding hydrogens is 464 g/mol. The molecule has 3 aromatic rings. The Bertz CT molecular complexity index is 1160. The molecule has 10 heteroatoms. The van der Waals surface area contributed by atoms with Crippen LogP contribution in [0.5, 0.6) is 0 Å². The Kier molecular flexibility index (Phi) is 6.13. The van der Waals surface area contributed by atoms with Crippen LogP contribution in [0.4, 0.5) is 5.69 Å². The first-order valence-corrected chi connectivity index (χ1v) is 11.7. The van der Waals surface area contributed by atoms with Gasteiger partial charge >= 0.3 is 0 Å².